The highest BCUT2D eigenvalue weighted by molar-refractivity contribution is 6.02. The number of H-pyrrole nitrogens is 1. The maximum Gasteiger partial charge on any atom is 0.272 e. The van der Waals surface area contributed by atoms with Gasteiger partial charge in [0.05, 0.1) is 12.3 Å². The van der Waals surface area contributed by atoms with Crippen molar-refractivity contribution in [2.75, 3.05) is 19.0 Å². The second-order valence-electron chi connectivity index (χ2n) is 4.33. The summed E-state index contributed by atoms with van der Waals surface area (Å²) in [6, 6.07) is 7.18. The normalized spacial score (nSPS) is 10.3. The zero-order valence-corrected chi connectivity index (χ0v) is 11.5. The summed E-state index contributed by atoms with van der Waals surface area (Å²) in [5.74, 6) is -0.454. The average Bonchev–Trinajstić information content (AvgIpc) is 2.47. The highest BCUT2D eigenvalue weighted by Gasteiger charge is 2.07. The van der Waals surface area contributed by atoms with E-state index >= 15 is 0 Å². The van der Waals surface area contributed by atoms with Gasteiger partial charge in [0.1, 0.15) is 5.69 Å². The Bertz CT molecular complexity index is 748. The van der Waals surface area contributed by atoms with Gasteiger partial charge in [0.2, 0.25) is 5.56 Å². The number of nitrogens with zero attached hydrogens (tertiary/aromatic N) is 1. The largest absolute Gasteiger partial charge is 0.383 e. The maximum absolute atomic E-state index is 12.0. The molecule has 0 saturated carbocycles. The molecule has 2 heterocycles. The van der Waals surface area contributed by atoms with Crippen LogP contribution in [0.3, 0.4) is 0 Å². The van der Waals surface area contributed by atoms with Crippen LogP contribution in [0.2, 0.25) is 0 Å². The van der Waals surface area contributed by atoms with Crippen molar-refractivity contribution in [1.29, 1.82) is 0 Å². The van der Waals surface area contributed by atoms with E-state index in [4.69, 9.17) is 4.74 Å². The monoisotopic (exact) mass is 289 g/mol. The van der Waals surface area contributed by atoms with Crippen LogP contribution in [-0.2, 0) is 11.3 Å². The van der Waals surface area contributed by atoms with Crippen molar-refractivity contribution >= 4 is 11.6 Å². The number of carbonyl (C=O) groups is 1. The fraction of sp³-hybridized carbons (Fsp3) is 0.214. The van der Waals surface area contributed by atoms with Crippen molar-refractivity contribution in [3.8, 4) is 0 Å². The van der Waals surface area contributed by atoms with E-state index < -0.39 is 5.91 Å². The molecule has 7 heteroatoms. The van der Waals surface area contributed by atoms with Crippen LogP contribution in [0.4, 0.5) is 5.69 Å². The molecule has 0 spiro atoms. The lowest BCUT2D eigenvalue weighted by Crippen LogP contribution is -2.23. The molecular formula is C14H15N3O4. The first-order valence-corrected chi connectivity index (χ1v) is 6.30. The predicted octanol–water partition coefficient (Wildman–Crippen LogP) is 0.435. The third-order valence-corrected chi connectivity index (χ3v) is 2.79. The number of aromatic amines is 1. The molecule has 0 aliphatic carbocycles. The molecule has 21 heavy (non-hydrogen) atoms. The van der Waals surface area contributed by atoms with Crippen molar-refractivity contribution in [1.82, 2.24) is 9.55 Å². The number of aromatic nitrogens is 2. The lowest BCUT2D eigenvalue weighted by atomic mass is 10.3. The summed E-state index contributed by atoms with van der Waals surface area (Å²) in [7, 11) is 1.54. The molecule has 0 aliphatic heterocycles. The van der Waals surface area contributed by atoms with Gasteiger partial charge in [-0.15, -0.1) is 0 Å². The van der Waals surface area contributed by atoms with Gasteiger partial charge in [-0.25, -0.2) is 0 Å². The Hall–Kier alpha value is -2.67. The van der Waals surface area contributed by atoms with E-state index in [1.54, 1.807) is 7.11 Å². The van der Waals surface area contributed by atoms with Gasteiger partial charge in [-0.05, 0) is 12.1 Å². The van der Waals surface area contributed by atoms with Crippen molar-refractivity contribution in [2.45, 2.75) is 6.54 Å². The molecular weight excluding hydrogens is 274 g/mol. The number of anilines is 1. The number of hydrogen-bond acceptors (Lipinski definition) is 4. The minimum Gasteiger partial charge on any atom is -0.383 e. The van der Waals surface area contributed by atoms with Crippen LogP contribution in [0.5, 0.6) is 0 Å². The molecule has 0 bridgehead atoms. The van der Waals surface area contributed by atoms with Crippen molar-refractivity contribution in [2.24, 2.45) is 0 Å². The van der Waals surface area contributed by atoms with Crippen LogP contribution >= 0.6 is 0 Å². The molecule has 0 aliphatic rings. The van der Waals surface area contributed by atoms with Gasteiger partial charge in [0, 0.05) is 32.0 Å². The maximum atomic E-state index is 12.0. The standard InChI is InChI=1S/C14H15N3O4/c1-21-8-7-17-9-10(5-6-13(17)19)15-14(20)11-3-2-4-12(18)16-11/h2-6,9H,7-8H2,1H3,(H,15,20)(H,16,18). The average molecular weight is 289 g/mol. The second-order valence-corrected chi connectivity index (χ2v) is 4.33. The number of hydrogen-bond donors (Lipinski definition) is 2. The van der Waals surface area contributed by atoms with Gasteiger partial charge in [-0.2, -0.15) is 0 Å². The first-order chi connectivity index (χ1) is 10.1. The van der Waals surface area contributed by atoms with E-state index in [-0.39, 0.29) is 16.8 Å². The molecule has 2 aromatic rings. The SMILES string of the molecule is COCCn1cc(NC(=O)c2cccc(=O)[nH]2)ccc1=O. The third kappa shape index (κ3) is 3.90. The lowest BCUT2D eigenvalue weighted by Gasteiger charge is -2.09. The zero-order valence-electron chi connectivity index (χ0n) is 11.5. The topological polar surface area (TPSA) is 93.2 Å². The van der Waals surface area contributed by atoms with Gasteiger partial charge in [-0.1, -0.05) is 6.07 Å². The van der Waals surface area contributed by atoms with Crippen molar-refractivity contribution in [3.63, 3.8) is 0 Å². The molecule has 2 rings (SSSR count). The van der Waals surface area contributed by atoms with Crippen LogP contribution in [0.1, 0.15) is 10.5 Å². The molecule has 0 unspecified atom stereocenters. The Kier molecular flexibility index (Phi) is 4.68. The molecule has 0 aromatic carbocycles. The van der Waals surface area contributed by atoms with Gasteiger partial charge in [-0.3, -0.25) is 14.4 Å². The quantitative estimate of drug-likeness (QED) is 0.835. The van der Waals surface area contributed by atoms with Gasteiger partial charge in [0.15, 0.2) is 0 Å². The van der Waals surface area contributed by atoms with Gasteiger partial charge < -0.3 is 19.6 Å². The molecule has 0 radical (unpaired) electrons. The molecule has 2 N–H and O–H groups in total. The Morgan fingerprint density at radius 2 is 2.10 bits per heavy atom. The van der Waals surface area contributed by atoms with Gasteiger partial charge >= 0.3 is 0 Å². The lowest BCUT2D eigenvalue weighted by molar-refractivity contribution is 0.102. The minimum absolute atomic E-state index is 0.150. The number of nitrogens with one attached hydrogen (secondary N) is 2. The predicted molar refractivity (Wildman–Crippen MR) is 77.6 cm³/mol. The van der Waals surface area contributed by atoms with Crippen molar-refractivity contribution < 1.29 is 9.53 Å². The summed E-state index contributed by atoms with van der Waals surface area (Å²) >= 11 is 0. The number of pyridine rings is 2. The number of rotatable bonds is 5. The molecule has 7 nitrogen and oxygen atoms in total. The number of ether oxygens (including phenoxy) is 1. The molecule has 0 atom stereocenters. The number of amides is 1. The Morgan fingerprint density at radius 1 is 1.29 bits per heavy atom. The van der Waals surface area contributed by atoms with Crippen LogP contribution in [-0.4, -0.2) is 29.2 Å². The first kappa shape index (κ1) is 14.7. The van der Waals surface area contributed by atoms with E-state index in [1.807, 2.05) is 0 Å². The number of carbonyl (C=O) groups excluding carboxylic acids is 1. The molecule has 2 aromatic heterocycles. The Morgan fingerprint density at radius 3 is 2.81 bits per heavy atom. The minimum atomic E-state index is -0.454. The van der Waals surface area contributed by atoms with Crippen LogP contribution in [0.25, 0.3) is 0 Å². The highest BCUT2D eigenvalue weighted by atomic mass is 16.5. The molecule has 0 saturated heterocycles. The summed E-state index contributed by atoms with van der Waals surface area (Å²) in [4.78, 5) is 37.2. The summed E-state index contributed by atoms with van der Waals surface area (Å²) in [5, 5.41) is 2.62. The van der Waals surface area contributed by atoms with E-state index in [9.17, 15) is 14.4 Å². The van der Waals surface area contributed by atoms with Crippen LogP contribution in [0, 0.1) is 0 Å². The highest BCUT2D eigenvalue weighted by Crippen LogP contribution is 2.05. The van der Waals surface area contributed by atoms with E-state index in [2.05, 4.69) is 10.3 Å². The van der Waals surface area contributed by atoms with Gasteiger partial charge in [0.25, 0.3) is 11.5 Å². The molecule has 110 valence electrons. The Balaban J connectivity index is 2.17. The summed E-state index contributed by atoms with van der Waals surface area (Å²) < 4.78 is 6.35. The fourth-order valence-corrected chi connectivity index (χ4v) is 1.75. The third-order valence-electron chi connectivity index (χ3n) is 2.79. The molecule has 0 fully saturated rings. The second kappa shape index (κ2) is 6.67. The molecule has 1 amide bonds. The van der Waals surface area contributed by atoms with E-state index in [0.717, 1.165) is 0 Å². The van der Waals surface area contributed by atoms with Crippen molar-refractivity contribution in [3.05, 3.63) is 62.9 Å². The first-order valence-electron chi connectivity index (χ1n) is 6.30. The summed E-state index contributed by atoms with van der Waals surface area (Å²) in [5.41, 5.74) is 0.0726. The number of methoxy groups -OCH3 is 1. The summed E-state index contributed by atoms with van der Waals surface area (Å²) in [6.07, 6.45) is 1.53. The fourth-order valence-electron chi connectivity index (χ4n) is 1.75. The smallest absolute Gasteiger partial charge is 0.272 e. The Labute approximate surface area is 120 Å². The van der Waals surface area contributed by atoms with E-state index in [0.29, 0.717) is 18.8 Å². The summed E-state index contributed by atoms with van der Waals surface area (Å²) in [6.45, 7) is 0.782. The van der Waals surface area contributed by atoms with Crippen LogP contribution in [0.15, 0.2) is 46.1 Å². The zero-order chi connectivity index (χ0) is 15.2. The van der Waals surface area contributed by atoms with E-state index in [1.165, 1.54) is 41.1 Å². The van der Waals surface area contributed by atoms with Crippen LogP contribution < -0.4 is 16.4 Å².